The van der Waals surface area contributed by atoms with Gasteiger partial charge in [0.1, 0.15) is 0 Å². The highest BCUT2D eigenvalue weighted by Crippen LogP contribution is 2.36. The largest absolute Gasteiger partial charge is 0.357 e. The number of guanidine groups is 1. The number of nitrogens with zero attached hydrogens (tertiary/aromatic N) is 2. The Hall–Kier alpha value is -0.960. The van der Waals surface area contributed by atoms with Crippen LogP contribution >= 0.6 is 35.7 Å². The average Bonchev–Trinajstić information content (AvgIpc) is 3.17. The number of likely N-dealkylation sites (tertiary alicyclic amines) is 1. The lowest BCUT2D eigenvalue weighted by atomic mass is 10.1. The van der Waals surface area contributed by atoms with Crippen LogP contribution in [0.2, 0.25) is 0 Å². The summed E-state index contributed by atoms with van der Waals surface area (Å²) >= 11 is 2.05. The summed E-state index contributed by atoms with van der Waals surface area (Å²) in [6, 6.07) is 7.94. The number of hydrogen-bond donors (Lipinski definition) is 2. The summed E-state index contributed by atoms with van der Waals surface area (Å²) in [5.41, 5.74) is 1.85. The molecule has 1 aromatic rings. The lowest BCUT2D eigenvalue weighted by Crippen LogP contribution is -2.43. The molecular weight excluding hydrogens is 495 g/mol. The van der Waals surface area contributed by atoms with Crippen molar-refractivity contribution in [3.63, 3.8) is 0 Å². The second-order valence-corrected chi connectivity index (χ2v) is 9.69. The van der Waals surface area contributed by atoms with E-state index in [2.05, 4.69) is 36.2 Å². The van der Waals surface area contributed by atoms with E-state index < -0.39 is 0 Å². The van der Waals surface area contributed by atoms with Gasteiger partial charge in [-0.2, -0.15) is 11.8 Å². The van der Waals surface area contributed by atoms with Crippen LogP contribution < -0.4 is 10.6 Å². The first-order valence-corrected chi connectivity index (χ1v) is 11.6. The summed E-state index contributed by atoms with van der Waals surface area (Å²) in [6.07, 6.45) is 6.02. The van der Waals surface area contributed by atoms with E-state index in [1.807, 2.05) is 29.2 Å². The molecule has 0 saturated carbocycles. The Bertz CT molecular complexity index is 685. The lowest BCUT2D eigenvalue weighted by Gasteiger charge is -2.26. The van der Waals surface area contributed by atoms with E-state index in [1.54, 1.807) is 0 Å². The van der Waals surface area contributed by atoms with Gasteiger partial charge in [-0.1, -0.05) is 12.1 Å². The highest BCUT2D eigenvalue weighted by atomic mass is 127. The fourth-order valence-electron chi connectivity index (χ4n) is 3.84. The van der Waals surface area contributed by atoms with Crippen molar-refractivity contribution in [1.82, 2.24) is 15.5 Å². The van der Waals surface area contributed by atoms with Crippen LogP contribution in [0, 0.1) is 0 Å². The quantitative estimate of drug-likeness (QED) is 0.328. The topological polar surface area (TPSA) is 56.7 Å². The molecule has 2 heterocycles. The summed E-state index contributed by atoms with van der Waals surface area (Å²) in [5, 5.41) is 6.84. The van der Waals surface area contributed by atoms with Crippen molar-refractivity contribution in [2.75, 3.05) is 31.9 Å². The number of benzene rings is 1. The van der Waals surface area contributed by atoms with Crippen molar-refractivity contribution in [2.45, 2.75) is 57.2 Å². The lowest BCUT2D eigenvalue weighted by molar-refractivity contribution is 0.0724. The Morgan fingerprint density at radius 3 is 2.69 bits per heavy atom. The Balaban J connectivity index is 0.00000300. The number of rotatable bonds is 6. The summed E-state index contributed by atoms with van der Waals surface area (Å²) in [6.45, 7) is 8.51. The first-order chi connectivity index (χ1) is 13.6. The number of halogens is 1. The van der Waals surface area contributed by atoms with Crippen molar-refractivity contribution in [3.05, 3.63) is 35.4 Å². The van der Waals surface area contributed by atoms with Gasteiger partial charge in [0, 0.05) is 36.5 Å². The van der Waals surface area contributed by atoms with Gasteiger partial charge in [0.25, 0.3) is 5.91 Å². The van der Waals surface area contributed by atoms with Gasteiger partial charge in [-0.05, 0) is 69.4 Å². The molecule has 29 heavy (non-hydrogen) atoms. The van der Waals surface area contributed by atoms with Crippen molar-refractivity contribution < 1.29 is 4.79 Å². The van der Waals surface area contributed by atoms with Crippen LogP contribution in [0.1, 0.15) is 61.9 Å². The van der Waals surface area contributed by atoms with Crippen molar-refractivity contribution >= 4 is 47.6 Å². The van der Waals surface area contributed by atoms with Crippen molar-refractivity contribution in [1.29, 1.82) is 0 Å². The SMILES string of the molecule is CCNC(=NCc1cccc(C(=O)N2CCCCC2)c1)NCC1(C)CCCS1.I. The van der Waals surface area contributed by atoms with Crippen molar-refractivity contribution in [2.24, 2.45) is 4.99 Å². The Morgan fingerprint density at radius 2 is 2.00 bits per heavy atom. The van der Waals surface area contributed by atoms with E-state index in [-0.39, 0.29) is 29.9 Å². The van der Waals surface area contributed by atoms with Crippen LogP contribution in [0.25, 0.3) is 0 Å². The molecule has 0 aromatic heterocycles. The third-order valence-electron chi connectivity index (χ3n) is 5.51. The van der Waals surface area contributed by atoms with Gasteiger partial charge in [-0.3, -0.25) is 4.79 Å². The number of thioether (sulfide) groups is 1. The molecule has 1 atom stereocenters. The van der Waals surface area contributed by atoms with Gasteiger partial charge in [0.15, 0.2) is 5.96 Å². The van der Waals surface area contributed by atoms with E-state index >= 15 is 0 Å². The second-order valence-electron chi connectivity index (χ2n) is 8.00. The van der Waals surface area contributed by atoms with Crippen LogP contribution in [-0.4, -0.2) is 53.4 Å². The van der Waals surface area contributed by atoms with Crippen LogP contribution in [0.3, 0.4) is 0 Å². The minimum absolute atomic E-state index is 0. The van der Waals surface area contributed by atoms with E-state index in [9.17, 15) is 4.79 Å². The molecule has 3 rings (SSSR count). The Morgan fingerprint density at radius 1 is 1.21 bits per heavy atom. The zero-order valence-electron chi connectivity index (χ0n) is 17.7. The van der Waals surface area contributed by atoms with E-state index in [1.165, 1.54) is 25.0 Å². The fourth-order valence-corrected chi connectivity index (χ4v) is 5.09. The molecule has 5 nitrogen and oxygen atoms in total. The first-order valence-electron chi connectivity index (χ1n) is 10.6. The molecule has 0 bridgehead atoms. The molecule has 0 spiro atoms. The zero-order chi connectivity index (χ0) is 19.8. The molecule has 2 N–H and O–H groups in total. The molecule has 0 radical (unpaired) electrons. The molecule has 1 aromatic carbocycles. The van der Waals surface area contributed by atoms with Crippen LogP contribution in [0.15, 0.2) is 29.3 Å². The number of hydrogen-bond acceptors (Lipinski definition) is 3. The van der Waals surface area contributed by atoms with Crippen LogP contribution in [-0.2, 0) is 6.54 Å². The maximum atomic E-state index is 12.7. The minimum Gasteiger partial charge on any atom is -0.357 e. The Labute approximate surface area is 196 Å². The molecule has 1 unspecified atom stereocenters. The van der Waals surface area contributed by atoms with Crippen LogP contribution in [0.4, 0.5) is 0 Å². The standard InChI is InChI=1S/C22H34N4OS.HI/c1-3-23-21(25-17-22(2)11-8-14-28-22)24-16-18-9-7-10-19(15-18)20(27)26-12-5-4-6-13-26;/h7,9-10,15H,3-6,8,11-14,16-17H2,1-2H3,(H2,23,24,25);1H. The third-order valence-corrected chi connectivity index (χ3v) is 7.05. The van der Waals surface area contributed by atoms with Gasteiger partial charge >= 0.3 is 0 Å². The molecular formula is C22H35IN4OS. The summed E-state index contributed by atoms with van der Waals surface area (Å²) < 4.78 is 0.303. The third kappa shape index (κ3) is 7.35. The zero-order valence-corrected chi connectivity index (χ0v) is 20.9. The predicted octanol–water partition coefficient (Wildman–Crippen LogP) is 4.27. The molecule has 2 saturated heterocycles. The highest BCUT2D eigenvalue weighted by molar-refractivity contribution is 14.0. The summed E-state index contributed by atoms with van der Waals surface area (Å²) in [4.78, 5) is 19.5. The van der Waals surface area contributed by atoms with Gasteiger partial charge in [0.05, 0.1) is 6.54 Å². The second kappa shape index (κ2) is 12.0. The van der Waals surface area contributed by atoms with E-state index in [0.717, 1.165) is 56.1 Å². The van der Waals surface area contributed by atoms with Gasteiger partial charge in [-0.25, -0.2) is 4.99 Å². The maximum Gasteiger partial charge on any atom is 0.253 e. The van der Waals surface area contributed by atoms with Crippen molar-refractivity contribution in [3.8, 4) is 0 Å². The predicted molar refractivity (Wildman–Crippen MR) is 135 cm³/mol. The normalized spacial score (nSPS) is 22.1. The maximum absolute atomic E-state index is 12.7. The Kier molecular flexibility index (Phi) is 10.1. The molecule has 2 aliphatic heterocycles. The number of aliphatic imine (C=N–C) groups is 1. The van der Waals surface area contributed by atoms with Gasteiger partial charge in [-0.15, -0.1) is 24.0 Å². The van der Waals surface area contributed by atoms with E-state index in [4.69, 9.17) is 4.99 Å². The number of carbonyl (C=O) groups excluding carboxylic acids is 1. The molecule has 7 heteroatoms. The van der Waals surface area contributed by atoms with Crippen LogP contribution in [0.5, 0.6) is 0 Å². The number of amides is 1. The summed E-state index contributed by atoms with van der Waals surface area (Å²) in [5.74, 6) is 2.26. The van der Waals surface area contributed by atoms with Gasteiger partial charge < -0.3 is 15.5 Å². The minimum atomic E-state index is 0. The van der Waals surface area contributed by atoms with E-state index in [0.29, 0.717) is 11.3 Å². The molecule has 2 fully saturated rings. The van der Waals surface area contributed by atoms with Gasteiger partial charge in [0.2, 0.25) is 0 Å². The molecule has 2 aliphatic rings. The molecule has 1 amide bonds. The number of piperidine rings is 1. The highest BCUT2D eigenvalue weighted by Gasteiger charge is 2.29. The number of nitrogens with one attached hydrogen (secondary N) is 2. The molecule has 0 aliphatic carbocycles. The summed E-state index contributed by atoms with van der Waals surface area (Å²) in [7, 11) is 0. The monoisotopic (exact) mass is 530 g/mol. The first kappa shape index (κ1) is 24.3. The number of carbonyl (C=O) groups is 1. The molecule has 162 valence electrons. The fraction of sp³-hybridized carbons (Fsp3) is 0.636. The average molecular weight is 531 g/mol. The smallest absolute Gasteiger partial charge is 0.253 e.